The number of aliphatic hydroxyl groups excluding tert-OH is 2. The lowest BCUT2D eigenvalue weighted by Gasteiger charge is -2.24. The van der Waals surface area contributed by atoms with Gasteiger partial charge in [-0.1, -0.05) is 13.8 Å². The van der Waals surface area contributed by atoms with Gasteiger partial charge in [-0.25, -0.2) is 4.79 Å². The summed E-state index contributed by atoms with van der Waals surface area (Å²) in [4.78, 5) is 24.4. The molecule has 3 atom stereocenters. The van der Waals surface area contributed by atoms with Crippen LogP contribution in [0.15, 0.2) is 0 Å². The first-order chi connectivity index (χ1) is 8.31. The number of hydrogen-bond acceptors (Lipinski definition) is 4. The van der Waals surface area contributed by atoms with Crippen molar-refractivity contribution in [2.45, 2.75) is 38.5 Å². The lowest BCUT2D eigenvalue weighted by Crippen LogP contribution is -2.50. The molecule has 18 heavy (non-hydrogen) atoms. The first kappa shape index (κ1) is 14.7. The molecule has 5 N–H and O–H groups in total. The van der Waals surface area contributed by atoms with Gasteiger partial charge in [0, 0.05) is 13.1 Å². The molecule has 1 aliphatic heterocycles. The Hall–Kier alpha value is -1.34. The molecule has 104 valence electrons. The summed E-state index contributed by atoms with van der Waals surface area (Å²) in [6.07, 6.45) is -1.39. The summed E-state index contributed by atoms with van der Waals surface area (Å²) in [5.74, 6) is -0.110. The number of carbonyl (C=O) groups is 2. The minimum atomic E-state index is -0.928. The highest BCUT2D eigenvalue weighted by molar-refractivity contribution is 5.86. The summed E-state index contributed by atoms with van der Waals surface area (Å²) in [6.45, 7) is 4.01. The standard InChI is InChI=1S/C11H21N3O4/c1-6(2)3-7(13-11(12)18)10(17)14-4-8(15)9(16)5-14/h6-9,15-16H,3-5H2,1-2H3,(H3,12,13,18)/t7?,8-,9+. The van der Waals surface area contributed by atoms with E-state index in [-0.39, 0.29) is 24.9 Å². The molecule has 1 unspecified atom stereocenters. The average Bonchev–Trinajstić information content (AvgIpc) is 2.56. The zero-order valence-electron chi connectivity index (χ0n) is 10.7. The lowest BCUT2D eigenvalue weighted by molar-refractivity contribution is -0.133. The van der Waals surface area contributed by atoms with Gasteiger partial charge in [0.2, 0.25) is 5.91 Å². The molecule has 1 heterocycles. The van der Waals surface area contributed by atoms with E-state index in [0.717, 1.165) is 0 Å². The van der Waals surface area contributed by atoms with Gasteiger partial charge in [-0.05, 0) is 12.3 Å². The van der Waals surface area contributed by atoms with E-state index < -0.39 is 24.3 Å². The number of primary amides is 1. The van der Waals surface area contributed by atoms with Gasteiger partial charge in [-0.2, -0.15) is 0 Å². The van der Waals surface area contributed by atoms with Crippen LogP contribution < -0.4 is 11.1 Å². The molecule has 0 radical (unpaired) electrons. The third-order valence-corrected chi connectivity index (χ3v) is 2.89. The van der Waals surface area contributed by atoms with Crippen LogP contribution in [0.4, 0.5) is 4.79 Å². The number of aliphatic hydroxyl groups is 2. The van der Waals surface area contributed by atoms with Crippen LogP contribution in [0.3, 0.4) is 0 Å². The van der Waals surface area contributed by atoms with Crippen molar-refractivity contribution < 1.29 is 19.8 Å². The Morgan fingerprint density at radius 3 is 2.22 bits per heavy atom. The third-order valence-electron chi connectivity index (χ3n) is 2.89. The molecule has 0 aliphatic carbocycles. The zero-order chi connectivity index (χ0) is 13.9. The molecule has 3 amide bonds. The van der Waals surface area contributed by atoms with E-state index >= 15 is 0 Å². The molecule has 1 aliphatic rings. The Morgan fingerprint density at radius 2 is 1.83 bits per heavy atom. The highest BCUT2D eigenvalue weighted by Crippen LogP contribution is 2.14. The Balaban J connectivity index is 2.67. The van der Waals surface area contributed by atoms with Gasteiger partial charge >= 0.3 is 6.03 Å². The summed E-state index contributed by atoms with van der Waals surface area (Å²) in [5, 5.41) is 21.2. The number of amides is 3. The molecule has 0 aromatic carbocycles. The Bertz CT molecular complexity index is 311. The number of carbonyl (C=O) groups excluding carboxylic acids is 2. The number of nitrogens with one attached hydrogen (secondary N) is 1. The van der Waals surface area contributed by atoms with Crippen molar-refractivity contribution in [1.82, 2.24) is 10.2 Å². The molecule has 1 saturated heterocycles. The van der Waals surface area contributed by atoms with Gasteiger partial charge in [0.25, 0.3) is 0 Å². The average molecular weight is 259 g/mol. The highest BCUT2D eigenvalue weighted by atomic mass is 16.3. The minimum absolute atomic E-state index is 0.0784. The van der Waals surface area contributed by atoms with Crippen molar-refractivity contribution in [2.24, 2.45) is 11.7 Å². The molecule has 0 bridgehead atoms. The number of nitrogens with zero attached hydrogens (tertiary/aromatic N) is 1. The number of likely N-dealkylation sites (tertiary alicyclic amines) is 1. The van der Waals surface area contributed by atoms with Gasteiger partial charge in [0.05, 0.1) is 12.2 Å². The lowest BCUT2D eigenvalue weighted by atomic mass is 10.0. The quantitative estimate of drug-likeness (QED) is 0.498. The second-order valence-corrected chi connectivity index (χ2v) is 5.07. The summed E-state index contributed by atoms with van der Waals surface area (Å²) < 4.78 is 0. The predicted octanol–water partition coefficient (Wildman–Crippen LogP) is -1.37. The number of hydrogen-bond donors (Lipinski definition) is 4. The largest absolute Gasteiger partial charge is 0.388 e. The maximum absolute atomic E-state index is 12.1. The van der Waals surface area contributed by atoms with Crippen LogP contribution in [-0.4, -0.2) is 58.4 Å². The molecule has 7 nitrogen and oxygen atoms in total. The molecule has 1 rings (SSSR count). The third kappa shape index (κ3) is 3.85. The van der Waals surface area contributed by atoms with Gasteiger partial charge < -0.3 is 26.2 Å². The fourth-order valence-corrected chi connectivity index (χ4v) is 2.03. The Labute approximate surface area is 106 Å². The van der Waals surface area contributed by atoms with Crippen molar-refractivity contribution in [2.75, 3.05) is 13.1 Å². The molecule has 0 aromatic heterocycles. The first-order valence-corrected chi connectivity index (χ1v) is 6.02. The van der Waals surface area contributed by atoms with Crippen LogP contribution in [0.1, 0.15) is 20.3 Å². The Kier molecular flexibility index (Phi) is 4.92. The van der Waals surface area contributed by atoms with E-state index in [1.54, 1.807) is 0 Å². The summed E-state index contributed by atoms with van der Waals surface area (Å²) >= 11 is 0. The van der Waals surface area contributed by atoms with Crippen LogP contribution in [0, 0.1) is 5.92 Å². The van der Waals surface area contributed by atoms with E-state index in [4.69, 9.17) is 5.73 Å². The molecule has 0 spiro atoms. The van der Waals surface area contributed by atoms with Crippen molar-refractivity contribution in [3.05, 3.63) is 0 Å². The Morgan fingerprint density at radius 1 is 1.33 bits per heavy atom. The van der Waals surface area contributed by atoms with E-state index in [9.17, 15) is 19.8 Å². The number of rotatable bonds is 4. The topological polar surface area (TPSA) is 116 Å². The van der Waals surface area contributed by atoms with Crippen molar-refractivity contribution in [1.29, 1.82) is 0 Å². The second-order valence-electron chi connectivity index (χ2n) is 5.07. The van der Waals surface area contributed by atoms with E-state index in [2.05, 4.69) is 5.32 Å². The van der Waals surface area contributed by atoms with Crippen LogP contribution in [0.2, 0.25) is 0 Å². The van der Waals surface area contributed by atoms with Crippen LogP contribution >= 0.6 is 0 Å². The molecule has 0 saturated carbocycles. The fourth-order valence-electron chi connectivity index (χ4n) is 2.03. The van der Waals surface area contributed by atoms with E-state index in [1.165, 1.54) is 4.90 Å². The summed E-state index contributed by atoms with van der Waals surface area (Å²) in [6, 6.07) is -1.46. The fraction of sp³-hybridized carbons (Fsp3) is 0.818. The van der Waals surface area contributed by atoms with Gasteiger partial charge in [0.15, 0.2) is 0 Å². The maximum atomic E-state index is 12.1. The van der Waals surface area contributed by atoms with Gasteiger partial charge in [0.1, 0.15) is 6.04 Å². The highest BCUT2D eigenvalue weighted by Gasteiger charge is 2.35. The zero-order valence-corrected chi connectivity index (χ0v) is 10.7. The van der Waals surface area contributed by atoms with Crippen molar-refractivity contribution in [3.63, 3.8) is 0 Å². The summed E-state index contributed by atoms with van der Waals surface area (Å²) in [7, 11) is 0. The maximum Gasteiger partial charge on any atom is 0.312 e. The summed E-state index contributed by atoms with van der Waals surface area (Å²) in [5.41, 5.74) is 5.04. The van der Waals surface area contributed by atoms with Crippen LogP contribution in [-0.2, 0) is 4.79 Å². The van der Waals surface area contributed by atoms with Crippen LogP contribution in [0.5, 0.6) is 0 Å². The second kappa shape index (κ2) is 6.01. The van der Waals surface area contributed by atoms with E-state index in [0.29, 0.717) is 6.42 Å². The minimum Gasteiger partial charge on any atom is -0.388 e. The smallest absolute Gasteiger partial charge is 0.312 e. The molecule has 7 heteroatoms. The van der Waals surface area contributed by atoms with Crippen LogP contribution in [0.25, 0.3) is 0 Å². The normalized spacial score (nSPS) is 25.3. The SMILES string of the molecule is CC(C)CC(NC(N)=O)C(=O)N1C[C@@H](O)[C@@H](O)C1. The van der Waals surface area contributed by atoms with E-state index in [1.807, 2.05) is 13.8 Å². The predicted molar refractivity (Wildman–Crippen MR) is 64.6 cm³/mol. The number of β-amino-alcohol motifs (C(OH)–C–C–N with tert-alkyl or cyclic N) is 2. The molecular formula is C11H21N3O4. The number of nitrogens with two attached hydrogens (primary N) is 1. The van der Waals surface area contributed by atoms with Gasteiger partial charge in [-0.15, -0.1) is 0 Å². The molecular weight excluding hydrogens is 238 g/mol. The number of urea groups is 1. The molecule has 0 aromatic rings. The molecule has 1 fully saturated rings. The monoisotopic (exact) mass is 259 g/mol. The first-order valence-electron chi connectivity index (χ1n) is 6.02. The van der Waals surface area contributed by atoms with Crippen molar-refractivity contribution >= 4 is 11.9 Å². The van der Waals surface area contributed by atoms with Crippen molar-refractivity contribution in [3.8, 4) is 0 Å². The van der Waals surface area contributed by atoms with Gasteiger partial charge in [-0.3, -0.25) is 4.79 Å².